The van der Waals surface area contributed by atoms with Gasteiger partial charge in [-0.05, 0) is 29.9 Å². The molecule has 0 heteroatoms. The quantitative estimate of drug-likeness (QED) is 0.563. The molecule has 0 saturated carbocycles. The Morgan fingerprint density at radius 1 is 0.636 bits per heavy atom. The van der Waals surface area contributed by atoms with Crippen LogP contribution in [-0.4, -0.2) is 0 Å². The zero-order chi connectivity index (χ0) is 17.2. The summed E-state index contributed by atoms with van der Waals surface area (Å²) < 4.78 is 0. The molecule has 0 aliphatic heterocycles. The monoisotopic (exact) mass is 300 g/mol. The van der Waals surface area contributed by atoms with E-state index in [9.17, 15) is 0 Å². The van der Waals surface area contributed by atoms with Crippen molar-refractivity contribution in [2.45, 2.75) is 61.3 Å². The second kappa shape index (κ2) is 17.5. The van der Waals surface area contributed by atoms with Crippen LogP contribution in [0.1, 0.15) is 59.6 Å². The van der Waals surface area contributed by atoms with Crippen LogP contribution in [0.25, 0.3) is 0 Å². The Labute approximate surface area is 139 Å². The molecular weight excluding hydrogens is 264 g/mol. The summed E-state index contributed by atoms with van der Waals surface area (Å²) in [5, 5.41) is 0. The molecule has 0 amide bonds. The highest BCUT2D eigenvalue weighted by atomic mass is 14.0. The topological polar surface area (TPSA) is 0 Å². The molecule has 0 aliphatic carbocycles. The second-order valence-electron chi connectivity index (χ2n) is 4.92. The molecule has 0 saturated heterocycles. The Balaban J connectivity index is 0. The van der Waals surface area contributed by atoms with E-state index >= 15 is 0 Å². The van der Waals surface area contributed by atoms with Crippen molar-refractivity contribution in [3.05, 3.63) is 71.8 Å². The molecule has 2 aromatic carbocycles. The van der Waals surface area contributed by atoms with Crippen molar-refractivity contribution in [2.75, 3.05) is 0 Å². The van der Waals surface area contributed by atoms with Gasteiger partial charge in [0.05, 0.1) is 0 Å². The Bertz CT molecular complexity index is 401. The van der Waals surface area contributed by atoms with Gasteiger partial charge in [0.25, 0.3) is 0 Å². The summed E-state index contributed by atoms with van der Waals surface area (Å²) in [7, 11) is 0. The molecule has 0 atom stereocenters. The smallest absolute Gasteiger partial charge is 0.0256 e. The maximum absolute atomic E-state index is 2.24. The van der Waals surface area contributed by atoms with E-state index in [0.717, 1.165) is 12.3 Å². The molecular formula is C22H36. The van der Waals surface area contributed by atoms with Crippen LogP contribution in [0.3, 0.4) is 0 Å². The van der Waals surface area contributed by atoms with Gasteiger partial charge in [0, 0.05) is 0 Å². The number of aryl methyl sites for hydroxylation is 1. The fourth-order valence-electron chi connectivity index (χ4n) is 1.80. The number of hydrogen-bond donors (Lipinski definition) is 0. The van der Waals surface area contributed by atoms with Crippen LogP contribution in [0, 0.1) is 5.92 Å². The van der Waals surface area contributed by atoms with Crippen molar-refractivity contribution in [3.63, 3.8) is 0 Å². The van der Waals surface area contributed by atoms with Gasteiger partial charge in [-0.3, -0.25) is 0 Å². The lowest BCUT2D eigenvalue weighted by molar-refractivity contribution is 0.647. The summed E-state index contributed by atoms with van der Waals surface area (Å²) in [6.45, 7) is 14.6. The maximum atomic E-state index is 2.24. The highest BCUT2D eigenvalue weighted by Crippen LogP contribution is 2.06. The van der Waals surface area contributed by atoms with E-state index in [0.29, 0.717) is 0 Å². The van der Waals surface area contributed by atoms with Gasteiger partial charge in [-0.15, -0.1) is 0 Å². The molecule has 0 nitrogen and oxygen atoms in total. The average molecular weight is 301 g/mol. The van der Waals surface area contributed by atoms with Crippen molar-refractivity contribution in [2.24, 2.45) is 5.92 Å². The van der Waals surface area contributed by atoms with Gasteiger partial charge < -0.3 is 0 Å². The van der Waals surface area contributed by atoms with Crippen LogP contribution in [0.2, 0.25) is 0 Å². The standard InChI is InChI=1S/C10H14.C8H10.2C2H6/c1-9(2)8-10-6-4-3-5-7-10;1-2-8-6-4-3-5-7-8;2*1-2/h3-7,9H,8H2,1-2H3;3-7H,2H2,1H3;2*1-2H3. The molecule has 0 unspecified atom stereocenters. The van der Waals surface area contributed by atoms with E-state index < -0.39 is 0 Å². The molecule has 0 fully saturated rings. The molecule has 0 aliphatic rings. The first kappa shape index (κ1) is 22.7. The summed E-state index contributed by atoms with van der Waals surface area (Å²) in [5.74, 6) is 0.766. The van der Waals surface area contributed by atoms with E-state index in [2.05, 4.69) is 75.4 Å². The average Bonchev–Trinajstić information content (AvgIpc) is 2.60. The summed E-state index contributed by atoms with van der Waals surface area (Å²) in [6, 6.07) is 21.1. The van der Waals surface area contributed by atoms with E-state index in [1.165, 1.54) is 17.5 Å². The zero-order valence-corrected chi connectivity index (χ0v) is 15.8. The highest BCUT2D eigenvalue weighted by Gasteiger charge is 1.94. The number of rotatable bonds is 3. The van der Waals surface area contributed by atoms with E-state index in [4.69, 9.17) is 0 Å². The molecule has 0 radical (unpaired) electrons. The fourth-order valence-corrected chi connectivity index (χ4v) is 1.80. The van der Waals surface area contributed by atoms with Crippen molar-refractivity contribution >= 4 is 0 Å². The Kier molecular flexibility index (Phi) is 18.1. The molecule has 2 rings (SSSR count). The first-order valence-electron chi connectivity index (χ1n) is 8.80. The van der Waals surface area contributed by atoms with Crippen molar-refractivity contribution in [3.8, 4) is 0 Å². The van der Waals surface area contributed by atoms with Crippen LogP contribution < -0.4 is 0 Å². The van der Waals surface area contributed by atoms with Gasteiger partial charge in [0.2, 0.25) is 0 Å². The molecule has 0 bridgehead atoms. The van der Waals surface area contributed by atoms with Gasteiger partial charge in [-0.25, -0.2) is 0 Å². The summed E-state index contributed by atoms with van der Waals surface area (Å²) in [4.78, 5) is 0. The predicted octanol–water partition coefficient (Wildman–Crippen LogP) is 7.19. The molecule has 22 heavy (non-hydrogen) atoms. The van der Waals surface area contributed by atoms with Crippen LogP contribution in [-0.2, 0) is 12.8 Å². The Hall–Kier alpha value is -1.56. The van der Waals surface area contributed by atoms with Crippen LogP contribution in [0.4, 0.5) is 0 Å². The van der Waals surface area contributed by atoms with Gasteiger partial charge in [0.1, 0.15) is 0 Å². The SMILES string of the molecule is CC.CC.CC(C)Cc1ccccc1.CCc1ccccc1. The molecule has 0 aromatic heterocycles. The van der Waals surface area contributed by atoms with E-state index in [1.807, 2.05) is 33.8 Å². The Morgan fingerprint density at radius 3 is 1.27 bits per heavy atom. The number of benzene rings is 2. The van der Waals surface area contributed by atoms with Crippen molar-refractivity contribution in [1.82, 2.24) is 0 Å². The first-order chi connectivity index (χ1) is 10.7. The molecule has 0 heterocycles. The van der Waals surface area contributed by atoms with Crippen LogP contribution in [0.15, 0.2) is 60.7 Å². The van der Waals surface area contributed by atoms with E-state index in [1.54, 1.807) is 0 Å². The first-order valence-corrected chi connectivity index (χ1v) is 8.80. The molecule has 124 valence electrons. The summed E-state index contributed by atoms with van der Waals surface area (Å²) in [5.41, 5.74) is 2.85. The minimum atomic E-state index is 0.766. The number of hydrogen-bond acceptors (Lipinski definition) is 0. The van der Waals surface area contributed by atoms with Gasteiger partial charge in [-0.1, -0.05) is 109 Å². The largest absolute Gasteiger partial charge is 0.0683 e. The van der Waals surface area contributed by atoms with Crippen molar-refractivity contribution < 1.29 is 0 Å². The van der Waals surface area contributed by atoms with Crippen molar-refractivity contribution in [1.29, 1.82) is 0 Å². The third kappa shape index (κ3) is 13.4. The second-order valence-corrected chi connectivity index (χ2v) is 4.92. The lowest BCUT2D eigenvalue weighted by atomic mass is 10.0. The highest BCUT2D eigenvalue weighted by molar-refractivity contribution is 5.15. The fraction of sp³-hybridized carbons (Fsp3) is 0.455. The van der Waals surface area contributed by atoms with Gasteiger partial charge in [0.15, 0.2) is 0 Å². The third-order valence-electron chi connectivity index (χ3n) is 2.74. The summed E-state index contributed by atoms with van der Waals surface area (Å²) in [6.07, 6.45) is 2.34. The predicted molar refractivity (Wildman–Crippen MR) is 104 cm³/mol. The molecule has 0 spiro atoms. The lowest BCUT2D eigenvalue weighted by Gasteiger charge is -2.02. The Morgan fingerprint density at radius 2 is 1.00 bits per heavy atom. The minimum Gasteiger partial charge on any atom is -0.0683 e. The third-order valence-corrected chi connectivity index (χ3v) is 2.74. The van der Waals surface area contributed by atoms with E-state index in [-0.39, 0.29) is 0 Å². The van der Waals surface area contributed by atoms with Gasteiger partial charge in [-0.2, -0.15) is 0 Å². The van der Waals surface area contributed by atoms with Crippen LogP contribution >= 0.6 is 0 Å². The zero-order valence-electron chi connectivity index (χ0n) is 15.8. The van der Waals surface area contributed by atoms with Gasteiger partial charge >= 0.3 is 0 Å². The normalized spacial score (nSPS) is 8.55. The molecule has 0 N–H and O–H groups in total. The summed E-state index contributed by atoms with van der Waals surface area (Å²) >= 11 is 0. The van der Waals surface area contributed by atoms with Crippen LogP contribution in [0.5, 0.6) is 0 Å². The molecule has 2 aromatic rings. The maximum Gasteiger partial charge on any atom is -0.0256 e. The lowest BCUT2D eigenvalue weighted by Crippen LogP contribution is -1.92. The minimum absolute atomic E-state index is 0.766.